The van der Waals surface area contributed by atoms with E-state index in [1.54, 1.807) is 6.92 Å². The van der Waals surface area contributed by atoms with Crippen LogP contribution >= 0.6 is 0 Å². The second kappa shape index (κ2) is 4.45. The minimum atomic E-state index is -0.565. The van der Waals surface area contributed by atoms with Crippen LogP contribution in [-0.2, 0) is 9.53 Å². The van der Waals surface area contributed by atoms with Gasteiger partial charge in [0.1, 0.15) is 0 Å². The average molecular weight is 173 g/mol. The van der Waals surface area contributed by atoms with Crippen molar-refractivity contribution >= 4 is 5.97 Å². The first-order valence-electron chi connectivity index (χ1n) is 4.39. The Kier molecular flexibility index (Phi) is 4.24. The highest BCUT2D eigenvalue weighted by Gasteiger charge is 2.34. The van der Waals surface area contributed by atoms with Crippen molar-refractivity contribution in [3.05, 3.63) is 0 Å². The summed E-state index contributed by atoms with van der Waals surface area (Å²) in [7, 11) is 0. The summed E-state index contributed by atoms with van der Waals surface area (Å²) in [4.78, 5) is 11.4. The van der Waals surface area contributed by atoms with E-state index in [1.807, 2.05) is 20.8 Å². The molecule has 0 fully saturated rings. The lowest BCUT2D eigenvalue weighted by molar-refractivity contribution is -0.154. The summed E-state index contributed by atoms with van der Waals surface area (Å²) in [5.74, 6) is -0.209. The quantitative estimate of drug-likeness (QED) is 0.652. The van der Waals surface area contributed by atoms with Crippen LogP contribution in [0, 0.1) is 5.41 Å². The van der Waals surface area contributed by atoms with Gasteiger partial charge in [0.2, 0.25) is 0 Å². The van der Waals surface area contributed by atoms with Crippen LogP contribution in [0.25, 0.3) is 0 Å². The highest BCUT2D eigenvalue weighted by atomic mass is 16.5. The van der Waals surface area contributed by atoms with Gasteiger partial charge in [0, 0.05) is 6.04 Å². The van der Waals surface area contributed by atoms with Gasteiger partial charge in [-0.25, -0.2) is 0 Å². The second-order valence-electron chi connectivity index (χ2n) is 3.46. The summed E-state index contributed by atoms with van der Waals surface area (Å²) < 4.78 is 4.91. The zero-order valence-electron chi connectivity index (χ0n) is 8.39. The van der Waals surface area contributed by atoms with Gasteiger partial charge in [-0.15, -0.1) is 0 Å². The maximum absolute atomic E-state index is 11.4. The van der Waals surface area contributed by atoms with Gasteiger partial charge < -0.3 is 10.5 Å². The summed E-state index contributed by atoms with van der Waals surface area (Å²) in [6.45, 7) is 7.81. The van der Waals surface area contributed by atoms with Crippen LogP contribution in [0.2, 0.25) is 0 Å². The normalized spacial score (nSPS) is 14.1. The van der Waals surface area contributed by atoms with Gasteiger partial charge >= 0.3 is 5.97 Å². The lowest BCUT2D eigenvalue weighted by Crippen LogP contribution is -2.43. The number of carbonyl (C=O) groups is 1. The summed E-state index contributed by atoms with van der Waals surface area (Å²) >= 11 is 0. The molecule has 0 saturated heterocycles. The molecule has 1 atom stereocenters. The lowest BCUT2D eigenvalue weighted by atomic mass is 9.83. The molecule has 0 aromatic heterocycles. The predicted octanol–water partition coefficient (Wildman–Crippen LogP) is 1.31. The topological polar surface area (TPSA) is 52.3 Å². The fraction of sp³-hybridized carbons (Fsp3) is 0.889. The van der Waals surface area contributed by atoms with Crippen LogP contribution in [0.4, 0.5) is 0 Å². The third-order valence-electron chi connectivity index (χ3n) is 2.17. The van der Waals surface area contributed by atoms with Crippen LogP contribution < -0.4 is 5.73 Å². The number of rotatable bonds is 4. The number of esters is 1. The minimum absolute atomic E-state index is 0.128. The van der Waals surface area contributed by atoms with Crippen LogP contribution in [0.1, 0.15) is 34.1 Å². The third kappa shape index (κ3) is 2.48. The Bertz CT molecular complexity index is 155. The molecule has 0 rings (SSSR count). The SMILES string of the molecule is CCOC(=O)C(C)(C)C(N)CC. The summed E-state index contributed by atoms with van der Waals surface area (Å²) in [6, 6.07) is -0.128. The molecule has 0 aromatic carbocycles. The number of nitrogens with two attached hydrogens (primary N) is 1. The van der Waals surface area contributed by atoms with Crippen molar-refractivity contribution in [1.82, 2.24) is 0 Å². The van der Waals surface area contributed by atoms with Gasteiger partial charge in [-0.2, -0.15) is 0 Å². The Morgan fingerprint density at radius 1 is 1.50 bits per heavy atom. The molecule has 0 heterocycles. The standard InChI is InChI=1S/C9H19NO2/c1-5-7(10)9(3,4)8(11)12-6-2/h7H,5-6,10H2,1-4H3. The van der Waals surface area contributed by atoms with Crippen LogP contribution in [0.15, 0.2) is 0 Å². The van der Waals surface area contributed by atoms with E-state index in [-0.39, 0.29) is 12.0 Å². The number of ether oxygens (including phenoxy) is 1. The number of hydrogen-bond donors (Lipinski definition) is 1. The molecule has 0 bridgehead atoms. The molecule has 0 aliphatic rings. The highest BCUT2D eigenvalue weighted by molar-refractivity contribution is 5.76. The smallest absolute Gasteiger partial charge is 0.313 e. The van der Waals surface area contributed by atoms with E-state index in [2.05, 4.69) is 0 Å². The highest BCUT2D eigenvalue weighted by Crippen LogP contribution is 2.22. The molecule has 0 aromatic rings. The maximum Gasteiger partial charge on any atom is 0.313 e. The molecule has 0 aliphatic heterocycles. The largest absolute Gasteiger partial charge is 0.466 e. The lowest BCUT2D eigenvalue weighted by Gasteiger charge is -2.28. The summed E-state index contributed by atoms with van der Waals surface area (Å²) in [6.07, 6.45) is 0.784. The van der Waals surface area contributed by atoms with E-state index in [1.165, 1.54) is 0 Å². The molecule has 3 nitrogen and oxygen atoms in total. The Hall–Kier alpha value is -0.570. The van der Waals surface area contributed by atoms with Gasteiger partial charge in [-0.05, 0) is 27.2 Å². The fourth-order valence-corrected chi connectivity index (χ4v) is 0.979. The first kappa shape index (κ1) is 11.4. The Morgan fingerprint density at radius 3 is 2.33 bits per heavy atom. The van der Waals surface area contributed by atoms with Crippen molar-refractivity contribution < 1.29 is 9.53 Å². The molecule has 0 spiro atoms. The van der Waals surface area contributed by atoms with Crippen molar-refractivity contribution in [2.24, 2.45) is 11.1 Å². The molecule has 0 saturated carbocycles. The van der Waals surface area contributed by atoms with Gasteiger partial charge in [0.25, 0.3) is 0 Å². The molecule has 0 amide bonds. The van der Waals surface area contributed by atoms with E-state index in [0.717, 1.165) is 6.42 Å². The molecule has 0 radical (unpaired) electrons. The Balaban J connectivity index is 4.27. The molecule has 3 heteroatoms. The van der Waals surface area contributed by atoms with Gasteiger partial charge in [0.05, 0.1) is 12.0 Å². The maximum atomic E-state index is 11.4. The van der Waals surface area contributed by atoms with Gasteiger partial charge in [-0.3, -0.25) is 4.79 Å². The zero-order valence-corrected chi connectivity index (χ0v) is 8.39. The number of carbonyl (C=O) groups excluding carboxylic acids is 1. The van der Waals surface area contributed by atoms with Crippen molar-refractivity contribution in [2.45, 2.75) is 40.2 Å². The molecule has 0 aliphatic carbocycles. The first-order valence-corrected chi connectivity index (χ1v) is 4.39. The zero-order chi connectivity index (χ0) is 9.78. The monoisotopic (exact) mass is 173 g/mol. The molecule has 2 N–H and O–H groups in total. The van der Waals surface area contributed by atoms with E-state index >= 15 is 0 Å². The van der Waals surface area contributed by atoms with Crippen molar-refractivity contribution in [3.63, 3.8) is 0 Å². The molecule has 72 valence electrons. The van der Waals surface area contributed by atoms with E-state index < -0.39 is 5.41 Å². The molecule has 12 heavy (non-hydrogen) atoms. The van der Waals surface area contributed by atoms with Crippen molar-refractivity contribution in [3.8, 4) is 0 Å². The first-order chi connectivity index (χ1) is 5.46. The fourth-order valence-electron chi connectivity index (χ4n) is 0.979. The van der Waals surface area contributed by atoms with Crippen molar-refractivity contribution in [1.29, 1.82) is 0 Å². The predicted molar refractivity (Wildman–Crippen MR) is 48.7 cm³/mol. The van der Waals surface area contributed by atoms with E-state index in [0.29, 0.717) is 6.61 Å². The molecular weight excluding hydrogens is 154 g/mol. The Labute approximate surface area is 74.3 Å². The van der Waals surface area contributed by atoms with Crippen LogP contribution in [0.3, 0.4) is 0 Å². The van der Waals surface area contributed by atoms with Crippen LogP contribution in [-0.4, -0.2) is 18.6 Å². The van der Waals surface area contributed by atoms with Crippen molar-refractivity contribution in [2.75, 3.05) is 6.61 Å². The average Bonchev–Trinajstić information content (AvgIpc) is 2.03. The van der Waals surface area contributed by atoms with Gasteiger partial charge in [0.15, 0.2) is 0 Å². The number of hydrogen-bond acceptors (Lipinski definition) is 3. The second-order valence-corrected chi connectivity index (χ2v) is 3.46. The third-order valence-corrected chi connectivity index (χ3v) is 2.17. The van der Waals surface area contributed by atoms with Crippen LogP contribution in [0.5, 0.6) is 0 Å². The Morgan fingerprint density at radius 2 is 2.00 bits per heavy atom. The van der Waals surface area contributed by atoms with Gasteiger partial charge in [-0.1, -0.05) is 6.92 Å². The van der Waals surface area contributed by atoms with E-state index in [4.69, 9.17) is 10.5 Å². The minimum Gasteiger partial charge on any atom is -0.466 e. The summed E-state index contributed by atoms with van der Waals surface area (Å²) in [5.41, 5.74) is 5.22. The molecular formula is C9H19NO2. The molecule has 1 unspecified atom stereocenters. The summed E-state index contributed by atoms with van der Waals surface area (Å²) in [5, 5.41) is 0. The van der Waals surface area contributed by atoms with E-state index in [9.17, 15) is 4.79 Å².